The Morgan fingerprint density at radius 1 is 1.42 bits per heavy atom. The molecular formula is C17H21N5O2. The summed E-state index contributed by atoms with van der Waals surface area (Å²) < 4.78 is 5.58. The Kier molecular flexibility index (Phi) is 5.32. The molecule has 1 amide bonds. The second kappa shape index (κ2) is 7.83. The lowest BCUT2D eigenvalue weighted by atomic mass is 10.2. The predicted molar refractivity (Wildman–Crippen MR) is 89.6 cm³/mol. The van der Waals surface area contributed by atoms with E-state index in [9.17, 15) is 4.79 Å². The first-order chi connectivity index (χ1) is 11.7. The van der Waals surface area contributed by atoms with Crippen LogP contribution >= 0.6 is 0 Å². The third kappa shape index (κ3) is 4.48. The van der Waals surface area contributed by atoms with Gasteiger partial charge >= 0.3 is 0 Å². The van der Waals surface area contributed by atoms with Crippen LogP contribution in [-0.2, 0) is 11.3 Å². The molecule has 0 bridgehead atoms. The van der Waals surface area contributed by atoms with Gasteiger partial charge in [0, 0.05) is 38.2 Å². The molecule has 24 heavy (non-hydrogen) atoms. The number of amides is 1. The molecule has 2 N–H and O–H groups in total. The molecule has 7 heteroatoms. The van der Waals surface area contributed by atoms with Crippen LogP contribution in [0, 0.1) is 6.92 Å². The molecule has 0 aliphatic carbocycles. The van der Waals surface area contributed by atoms with Gasteiger partial charge in [-0.15, -0.1) is 0 Å². The van der Waals surface area contributed by atoms with Crippen LogP contribution in [0.5, 0.6) is 0 Å². The van der Waals surface area contributed by atoms with Gasteiger partial charge in [-0.25, -0.2) is 9.97 Å². The van der Waals surface area contributed by atoms with Crippen LogP contribution in [0.2, 0.25) is 0 Å². The minimum Gasteiger partial charge on any atom is -0.376 e. The number of carbonyl (C=O) groups excluding carboxylic acids is 1. The lowest BCUT2D eigenvalue weighted by molar-refractivity contribution is 0.0945. The van der Waals surface area contributed by atoms with E-state index in [1.54, 1.807) is 25.4 Å². The van der Waals surface area contributed by atoms with Crippen molar-refractivity contribution in [3.63, 3.8) is 0 Å². The number of hydrogen-bond acceptors (Lipinski definition) is 6. The molecule has 0 aromatic carbocycles. The summed E-state index contributed by atoms with van der Waals surface area (Å²) in [6, 6.07) is 5.41. The second-order valence-electron chi connectivity index (χ2n) is 5.75. The van der Waals surface area contributed by atoms with E-state index >= 15 is 0 Å². The van der Waals surface area contributed by atoms with Crippen molar-refractivity contribution in [3.8, 4) is 0 Å². The van der Waals surface area contributed by atoms with Gasteiger partial charge in [0.15, 0.2) is 0 Å². The van der Waals surface area contributed by atoms with Gasteiger partial charge in [0.05, 0.1) is 6.10 Å². The minimum atomic E-state index is -0.232. The van der Waals surface area contributed by atoms with Gasteiger partial charge in [-0.1, -0.05) is 6.07 Å². The highest BCUT2D eigenvalue weighted by atomic mass is 16.5. The predicted octanol–water partition coefficient (Wildman–Crippen LogP) is 1.70. The summed E-state index contributed by atoms with van der Waals surface area (Å²) in [6.07, 6.45) is 5.78. The summed E-state index contributed by atoms with van der Waals surface area (Å²) in [5, 5.41) is 6.08. The van der Waals surface area contributed by atoms with Gasteiger partial charge in [0.2, 0.25) is 0 Å². The summed E-state index contributed by atoms with van der Waals surface area (Å²) in [7, 11) is 0. The van der Waals surface area contributed by atoms with Crippen LogP contribution < -0.4 is 10.6 Å². The minimum absolute atomic E-state index is 0.211. The Labute approximate surface area is 140 Å². The fourth-order valence-corrected chi connectivity index (χ4v) is 2.57. The first kappa shape index (κ1) is 16.3. The van der Waals surface area contributed by atoms with E-state index in [0.29, 0.717) is 30.4 Å². The van der Waals surface area contributed by atoms with Crippen LogP contribution in [0.1, 0.15) is 34.7 Å². The summed E-state index contributed by atoms with van der Waals surface area (Å²) in [6.45, 7) is 3.69. The van der Waals surface area contributed by atoms with Crippen molar-refractivity contribution in [1.29, 1.82) is 0 Å². The molecular weight excluding hydrogens is 306 g/mol. The summed E-state index contributed by atoms with van der Waals surface area (Å²) in [5.74, 6) is 0.966. The third-order valence-corrected chi connectivity index (χ3v) is 3.78. The van der Waals surface area contributed by atoms with Crippen LogP contribution in [-0.4, -0.2) is 40.1 Å². The van der Waals surface area contributed by atoms with Gasteiger partial charge in [-0.2, -0.15) is 0 Å². The Hall–Kier alpha value is -2.54. The number of aromatic nitrogens is 3. The third-order valence-electron chi connectivity index (χ3n) is 3.78. The quantitative estimate of drug-likeness (QED) is 0.839. The van der Waals surface area contributed by atoms with Crippen molar-refractivity contribution in [1.82, 2.24) is 20.3 Å². The molecule has 1 aliphatic rings. The number of aryl methyl sites for hydroxylation is 1. The molecule has 1 saturated heterocycles. The van der Waals surface area contributed by atoms with E-state index in [1.165, 1.54) is 0 Å². The molecule has 1 atom stereocenters. The van der Waals surface area contributed by atoms with Crippen LogP contribution in [0.3, 0.4) is 0 Å². The molecule has 0 radical (unpaired) electrons. The summed E-state index contributed by atoms with van der Waals surface area (Å²) in [5.41, 5.74) is 1.29. The molecule has 7 nitrogen and oxygen atoms in total. The van der Waals surface area contributed by atoms with E-state index in [4.69, 9.17) is 4.74 Å². The zero-order valence-corrected chi connectivity index (χ0v) is 13.7. The number of rotatable bonds is 6. The van der Waals surface area contributed by atoms with E-state index in [2.05, 4.69) is 25.6 Å². The van der Waals surface area contributed by atoms with Crippen LogP contribution in [0.15, 0.2) is 30.6 Å². The van der Waals surface area contributed by atoms with Crippen molar-refractivity contribution in [2.45, 2.75) is 32.4 Å². The summed E-state index contributed by atoms with van der Waals surface area (Å²) in [4.78, 5) is 24.9. The maximum absolute atomic E-state index is 12.3. The van der Waals surface area contributed by atoms with Crippen molar-refractivity contribution in [2.75, 3.05) is 18.5 Å². The van der Waals surface area contributed by atoms with Gasteiger partial charge in [-0.3, -0.25) is 9.78 Å². The molecule has 1 unspecified atom stereocenters. The topological polar surface area (TPSA) is 89.0 Å². The number of pyridine rings is 1. The summed E-state index contributed by atoms with van der Waals surface area (Å²) >= 11 is 0. The largest absolute Gasteiger partial charge is 0.376 e. The van der Waals surface area contributed by atoms with Crippen molar-refractivity contribution < 1.29 is 9.53 Å². The second-order valence-corrected chi connectivity index (χ2v) is 5.75. The van der Waals surface area contributed by atoms with Crippen molar-refractivity contribution in [2.24, 2.45) is 0 Å². The highest BCUT2D eigenvalue weighted by Crippen LogP contribution is 2.13. The normalized spacial score (nSPS) is 16.8. The number of hydrogen-bond donors (Lipinski definition) is 2. The zero-order valence-electron chi connectivity index (χ0n) is 13.7. The first-order valence-corrected chi connectivity index (χ1v) is 8.09. The number of carbonyl (C=O) groups is 1. The van der Waals surface area contributed by atoms with E-state index in [1.807, 2.05) is 12.1 Å². The van der Waals surface area contributed by atoms with Gasteiger partial charge < -0.3 is 15.4 Å². The molecule has 0 saturated carbocycles. The fraction of sp³-hybridized carbons (Fsp3) is 0.412. The number of nitrogens with zero attached hydrogens (tertiary/aromatic N) is 3. The maximum Gasteiger partial charge on any atom is 0.270 e. The van der Waals surface area contributed by atoms with Gasteiger partial charge in [-0.05, 0) is 31.4 Å². The SMILES string of the molecule is Cc1nc(NCC2CCCO2)cc(C(=O)NCc2cccnc2)n1. The molecule has 126 valence electrons. The Morgan fingerprint density at radius 2 is 2.33 bits per heavy atom. The van der Waals surface area contributed by atoms with Crippen LogP contribution in [0.4, 0.5) is 5.82 Å². The molecule has 2 aromatic heterocycles. The number of anilines is 1. The standard InChI is InChI=1S/C17H21N5O2/c1-12-21-15(17(23)20-10-13-4-2-6-18-9-13)8-16(22-12)19-11-14-5-3-7-24-14/h2,4,6,8-9,14H,3,5,7,10-11H2,1H3,(H,20,23)(H,19,21,22). The number of ether oxygens (including phenoxy) is 1. The molecule has 1 fully saturated rings. The maximum atomic E-state index is 12.3. The molecule has 2 aromatic rings. The number of nitrogens with one attached hydrogen (secondary N) is 2. The lowest BCUT2D eigenvalue weighted by Gasteiger charge is -2.12. The fourth-order valence-electron chi connectivity index (χ4n) is 2.57. The molecule has 0 spiro atoms. The van der Waals surface area contributed by atoms with Crippen molar-refractivity contribution in [3.05, 3.63) is 47.7 Å². The van der Waals surface area contributed by atoms with Gasteiger partial charge in [0.1, 0.15) is 17.3 Å². The highest BCUT2D eigenvalue weighted by Gasteiger charge is 2.16. The Morgan fingerprint density at radius 3 is 3.08 bits per heavy atom. The van der Waals surface area contributed by atoms with Crippen LogP contribution in [0.25, 0.3) is 0 Å². The molecule has 3 rings (SSSR count). The van der Waals surface area contributed by atoms with Crippen molar-refractivity contribution >= 4 is 11.7 Å². The van der Waals surface area contributed by atoms with E-state index < -0.39 is 0 Å². The van der Waals surface area contributed by atoms with E-state index in [0.717, 1.165) is 25.0 Å². The molecule has 3 heterocycles. The first-order valence-electron chi connectivity index (χ1n) is 8.09. The zero-order chi connectivity index (χ0) is 16.8. The average Bonchev–Trinajstić information content (AvgIpc) is 3.12. The Balaban J connectivity index is 1.60. The lowest BCUT2D eigenvalue weighted by Crippen LogP contribution is -2.25. The monoisotopic (exact) mass is 327 g/mol. The van der Waals surface area contributed by atoms with E-state index in [-0.39, 0.29) is 12.0 Å². The highest BCUT2D eigenvalue weighted by molar-refractivity contribution is 5.92. The Bertz CT molecular complexity index is 687. The van der Waals surface area contributed by atoms with Gasteiger partial charge in [0.25, 0.3) is 5.91 Å². The smallest absolute Gasteiger partial charge is 0.270 e. The average molecular weight is 327 g/mol. The molecule has 1 aliphatic heterocycles.